The number of rotatable bonds is 3. The van der Waals surface area contributed by atoms with Crippen molar-refractivity contribution in [1.82, 2.24) is 0 Å². The molecule has 18 heavy (non-hydrogen) atoms. The van der Waals surface area contributed by atoms with Gasteiger partial charge in [0.2, 0.25) is 0 Å². The summed E-state index contributed by atoms with van der Waals surface area (Å²) in [5.41, 5.74) is 1.63. The third-order valence-electron chi connectivity index (χ3n) is 2.47. The monoisotopic (exact) mass is 474 g/mol. The quantitative estimate of drug-likeness (QED) is 0.430. The Bertz CT molecular complexity index is 550. The van der Waals surface area contributed by atoms with E-state index in [1.54, 1.807) is 23.5 Å². The van der Waals surface area contributed by atoms with Crippen LogP contribution in [0.2, 0.25) is 5.02 Å². The molecule has 6 heteroatoms. The van der Waals surface area contributed by atoms with Crippen LogP contribution in [0.1, 0.15) is 16.0 Å². The maximum absolute atomic E-state index is 13.7. The number of halogens is 5. The molecule has 2 rings (SSSR count). The fourth-order valence-electron chi connectivity index (χ4n) is 1.58. The van der Waals surface area contributed by atoms with E-state index in [9.17, 15) is 4.39 Å². The highest BCUT2D eigenvalue weighted by Gasteiger charge is 2.18. The lowest BCUT2D eigenvalue weighted by Crippen LogP contribution is -1.98. The van der Waals surface area contributed by atoms with Gasteiger partial charge in [-0.15, -0.1) is 11.3 Å². The Labute approximate surface area is 139 Å². The van der Waals surface area contributed by atoms with Crippen molar-refractivity contribution in [3.8, 4) is 0 Å². The summed E-state index contributed by atoms with van der Waals surface area (Å²) in [6, 6.07) is 6.77. The lowest BCUT2D eigenvalue weighted by atomic mass is 10.1. The van der Waals surface area contributed by atoms with E-state index in [4.69, 9.17) is 11.6 Å². The van der Waals surface area contributed by atoms with Crippen molar-refractivity contribution in [3.63, 3.8) is 0 Å². The highest BCUT2D eigenvalue weighted by molar-refractivity contribution is 9.12. The molecule has 1 aromatic heterocycles. The Morgan fingerprint density at radius 3 is 2.61 bits per heavy atom. The first-order valence-electron chi connectivity index (χ1n) is 5.00. The first kappa shape index (κ1) is 15.0. The molecule has 0 radical (unpaired) electrons. The normalized spacial score (nSPS) is 12.7. The lowest BCUT2D eigenvalue weighted by molar-refractivity contribution is 0.608. The predicted octanol–water partition coefficient (Wildman–Crippen LogP) is 6.74. The second-order valence-corrected chi connectivity index (χ2v) is 8.91. The van der Waals surface area contributed by atoms with Gasteiger partial charge in [0, 0.05) is 15.4 Å². The summed E-state index contributed by atoms with van der Waals surface area (Å²) in [5.74, 6) is -0.266. The van der Waals surface area contributed by atoms with E-state index in [0.717, 1.165) is 13.1 Å². The first-order valence-corrected chi connectivity index (χ1v) is 8.70. The molecule has 1 heterocycles. The summed E-state index contributed by atoms with van der Waals surface area (Å²) in [6.45, 7) is 0. The van der Waals surface area contributed by atoms with E-state index in [0.29, 0.717) is 17.0 Å². The summed E-state index contributed by atoms with van der Waals surface area (Å²) in [6.07, 6.45) is 0.507. The molecule has 0 aliphatic rings. The van der Waals surface area contributed by atoms with Gasteiger partial charge in [-0.2, -0.15) is 0 Å². The van der Waals surface area contributed by atoms with Crippen LogP contribution in [0.4, 0.5) is 4.39 Å². The topological polar surface area (TPSA) is 0 Å². The van der Waals surface area contributed by atoms with Crippen LogP contribution < -0.4 is 0 Å². The molecule has 0 aliphatic carbocycles. The van der Waals surface area contributed by atoms with Crippen LogP contribution in [0.25, 0.3) is 0 Å². The third kappa shape index (κ3) is 3.37. The molecule has 1 atom stereocenters. The smallest absolute Gasteiger partial charge is 0.127 e. The minimum Gasteiger partial charge on any atom is -0.207 e. The molecule has 0 aliphatic heterocycles. The summed E-state index contributed by atoms with van der Waals surface area (Å²) in [4.78, 5) is 0.0174. The molecule has 0 spiro atoms. The van der Waals surface area contributed by atoms with Gasteiger partial charge >= 0.3 is 0 Å². The van der Waals surface area contributed by atoms with Crippen LogP contribution in [0.15, 0.2) is 31.8 Å². The Balaban J connectivity index is 2.26. The van der Waals surface area contributed by atoms with Crippen LogP contribution >= 0.6 is 70.7 Å². The number of benzene rings is 1. The van der Waals surface area contributed by atoms with E-state index in [2.05, 4.69) is 47.8 Å². The molecule has 0 nitrogen and oxygen atoms in total. The summed E-state index contributed by atoms with van der Waals surface area (Å²) < 4.78 is 15.8. The van der Waals surface area contributed by atoms with Crippen LogP contribution in [0.3, 0.4) is 0 Å². The Morgan fingerprint density at radius 2 is 2.06 bits per heavy atom. The van der Waals surface area contributed by atoms with E-state index < -0.39 is 0 Å². The van der Waals surface area contributed by atoms with Crippen LogP contribution in [0.5, 0.6) is 0 Å². The zero-order valence-electron chi connectivity index (χ0n) is 8.89. The zero-order chi connectivity index (χ0) is 13.3. The summed E-state index contributed by atoms with van der Waals surface area (Å²) in [7, 11) is 0. The summed E-state index contributed by atoms with van der Waals surface area (Å²) >= 11 is 18.1. The van der Waals surface area contributed by atoms with Gasteiger partial charge in [-0.25, -0.2) is 4.39 Å². The standard InChI is InChI=1S/C12H7Br3ClFS/c13-8(6-5-11(14)18-12(6)15)4-7-9(16)2-1-3-10(7)17/h1-3,5,8H,4H2. The van der Waals surface area contributed by atoms with E-state index in [1.165, 1.54) is 6.07 Å². The molecular weight excluding hydrogens is 470 g/mol. The molecule has 0 bridgehead atoms. The van der Waals surface area contributed by atoms with E-state index in [1.807, 2.05) is 6.07 Å². The van der Waals surface area contributed by atoms with Gasteiger partial charge in [-0.3, -0.25) is 0 Å². The third-order valence-corrected chi connectivity index (χ3v) is 6.02. The predicted molar refractivity (Wildman–Crippen MR) is 86.5 cm³/mol. The van der Waals surface area contributed by atoms with Gasteiger partial charge in [-0.05, 0) is 62.0 Å². The average Bonchev–Trinajstić information content (AvgIpc) is 2.63. The van der Waals surface area contributed by atoms with Crippen molar-refractivity contribution >= 4 is 70.7 Å². The maximum atomic E-state index is 13.7. The number of thiophene rings is 1. The molecule has 1 unspecified atom stereocenters. The highest BCUT2D eigenvalue weighted by Crippen LogP contribution is 2.41. The SMILES string of the molecule is Fc1cccc(Cl)c1CC(Br)c1cc(Br)sc1Br. The molecule has 96 valence electrons. The van der Waals surface area contributed by atoms with Gasteiger partial charge < -0.3 is 0 Å². The van der Waals surface area contributed by atoms with Gasteiger partial charge in [0.15, 0.2) is 0 Å². The van der Waals surface area contributed by atoms with Crippen molar-refractivity contribution in [3.05, 3.63) is 53.8 Å². The molecular formula is C12H7Br3ClFS. The van der Waals surface area contributed by atoms with Crippen LogP contribution in [-0.4, -0.2) is 0 Å². The molecule has 0 saturated carbocycles. The molecule has 1 aromatic carbocycles. The van der Waals surface area contributed by atoms with E-state index in [-0.39, 0.29) is 10.6 Å². The van der Waals surface area contributed by atoms with E-state index >= 15 is 0 Å². The van der Waals surface area contributed by atoms with Crippen LogP contribution in [0, 0.1) is 5.82 Å². The van der Waals surface area contributed by atoms with Gasteiger partial charge in [0.05, 0.1) is 7.57 Å². The van der Waals surface area contributed by atoms with Crippen LogP contribution in [-0.2, 0) is 6.42 Å². The minimum atomic E-state index is -0.266. The fraction of sp³-hybridized carbons (Fsp3) is 0.167. The lowest BCUT2D eigenvalue weighted by Gasteiger charge is -2.11. The van der Waals surface area contributed by atoms with Gasteiger partial charge in [-0.1, -0.05) is 33.6 Å². The molecule has 2 aromatic rings. The maximum Gasteiger partial charge on any atom is 0.127 e. The van der Waals surface area contributed by atoms with Gasteiger partial charge in [0.25, 0.3) is 0 Å². The van der Waals surface area contributed by atoms with Crippen molar-refractivity contribution < 1.29 is 4.39 Å². The molecule has 0 fully saturated rings. The van der Waals surface area contributed by atoms with Gasteiger partial charge in [0.1, 0.15) is 5.82 Å². The summed E-state index contributed by atoms with van der Waals surface area (Å²) in [5, 5.41) is 0.463. The zero-order valence-corrected chi connectivity index (χ0v) is 15.2. The molecule has 0 amide bonds. The van der Waals surface area contributed by atoms with Crippen molar-refractivity contribution in [2.45, 2.75) is 11.2 Å². The number of alkyl halides is 1. The largest absolute Gasteiger partial charge is 0.207 e. The fourth-order valence-corrected chi connectivity index (χ4v) is 5.94. The number of hydrogen-bond acceptors (Lipinski definition) is 1. The van der Waals surface area contributed by atoms with Crippen molar-refractivity contribution in [1.29, 1.82) is 0 Å². The minimum absolute atomic E-state index is 0.0174. The van der Waals surface area contributed by atoms with Crippen molar-refractivity contribution in [2.24, 2.45) is 0 Å². The Kier molecular flexibility index (Phi) is 5.29. The Hall–Kier alpha value is 0.580. The van der Waals surface area contributed by atoms with Crippen molar-refractivity contribution in [2.75, 3.05) is 0 Å². The number of hydrogen-bond donors (Lipinski definition) is 0. The molecule has 0 saturated heterocycles. The highest BCUT2D eigenvalue weighted by atomic mass is 79.9. The average molecular weight is 477 g/mol. The Morgan fingerprint density at radius 1 is 1.33 bits per heavy atom. The second-order valence-electron chi connectivity index (χ2n) is 3.65. The first-order chi connectivity index (χ1) is 8.49. The second kappa shape index (κ2) is 6.35. The molecule has 0 N–H and O–H groups in total.